The minimum atomic E-state index is -0.551. The van der Waals surface area contributed by atoms with Gasteiger partial charge in [-0.2, -0.15) is 0 Å². The number of carbonyl (C=O) groups excluding carboxylic acids is 2. The maximum atomic E-state index is 12.6. The highest BCUT2D eigenvalue weighted by Gasteiger charge is 2.28. The lowest BCUT2D eigenvalue weighted by molar-refractivity contribution is -0.125. The Hall–Kier alpha value is -2.35. The third-order valence-electron chi connectivity index (χ3n) is 5.91. The van der Waals surface area contributed by atoms with Crippen molar-refractivity contribution in [1.82, 2.24) is 15.5 Å². The molecule has 0 radical (unpaired) electrons. The van der Waals surface area contributed by atoms with Crippen molar-refractivity contribution in [3.05, 3.63) is 40.9 Å². The Morgan fingerprint density at radius 1 is 1.30 bits per heavy atom. The second-order valence-electron chi connectivity index (χ2n) is 7.96. The van der Waals surface area contributed by atoms with Crippen molar-refractivity contribution in [2.45, 2.75) is 63.8 Å². The molecule has 3 rings (SSSR count). The summed E-state index contributed by atoms with van der Waals surface area (Å²) in [5, 5.41) is 7.52. The van der Waals surface area contributed by atoms with Crippen molar-refractivity contribution in [2.24, 2.45) is 11.8 Å². The molecule has 8 heteroatoms. The standard InChI is InChI=1S/C22H29N3O4S/c1-13-7-5-9-19(14(13)2)24-20(26)11-28-22(27)17-8-6-10-23-21(17)30-12-18-15(3)25-29-16(18)4/h6,8,10,13-14,19H,5,7,9,11-12H2,1-4H3,(H,24,26). The van der Waals surface area contributed by atoms with Gasteiger partial charge in [-0.25, -0.2) is 9.78 Å². The van der Waals surface area contributed by atoms with Gasteiger partial charge < -0.3 is 14.6 Å². The molecular weight excluding hydrogens is 402 g/mol. The smallest absolute Gasteiger partial charge is 0.341 e. The summed E-state index contributed by atoms with van der Waals surface area (Å²) < 4.78 is 10.5. The Morgan fingerprint density at radius 2 is 2.10 bits per heavy atom. The Labute approximate surface area is 181 Å². The van der Waals surface area contributed by atoms with Crippen molar-refractivity contribution in [2.75, 3.05) is 6.61 Å². The molecule has 1 aliphatic carbocycles. The van der Waals surface area contributed by atoms with E-state index in [9.17, 15) is 9.59 Å². The van der Waals surface area contributed by atoms with Gasteiger partial charge in [-0.1, -0.05) is 31.8 Å². The predicted octanol–water partition coefficient (Wildman–Crippen LogP) is 4.08. The van der Waals surface area contributed by atoms with E-state index in [0.29, 0.717) is 28.2 Å². The molecule has 3 unspecified atom stereocenters. The first-order valence-corrected chi connectivity index (χ1v) is 11.3. The Kier molecular flexibility index (Phi) is 7.53. The minimum absolute atomic E-state index is 0.138. The molecule has 2 heterocycles. The number of amides is 1. The third-order valence-corrected chi connectivity index (χ3v) is 6.94. The number of nitrogens with one attached hydrogen (secondary N) is 1. The van der Waals surface area contributed by atoms with Crippen LogP contribution in [0.3, 0.4) is 0 Å². The maximum Gasteiger partial charge on any atom is 0.341 e. The number of rotatable bonds is 7. The van der Waals surface area contributed by atoms with Crippen molar-refractivity contribution in [3.63, 3.8) is 0 Å². The lowest BCUT2D eigenvalue weighted by Gasteiger charge is -2.34. The summed E-state index contributed by atoms with van der Waals surface area (Å²) in [6.07, 6.45) is 4.90. The van der Waals surface area contributed by atoms with Crippen molar-refractivity contribution in [1.29, 1.82) is 0 Å². The van der Waals surface area contributed by atoms with Crippen molar-refractivity contribution >= 4 is 23.6 Å². The zero-order valence-corrected chi connectivity index (χ0v) is 18.8. The maximum absolute atomic E-state index is 12.6. The summed E-state index contributed by atoms with van der Waals surface area (Å²) in [6, 6.07) is 3.48. The number of carbonyl (C=O) groups is 2. The van der Waals surface area contributed by atoms with E-state index < -0.39 is 5.97 Å². The van der Waals surface area contributed by atoms with E-state index in [4.69, 9.17) is 9.26 Å². The first kappa shape index (κ1) is 22.3. The van der Waals surface area contributed by atoms with E-state index in [1.807, 2.05) is 13.8 Å². The average Bonchev–Trinajstić information content (AvgIpc) is 3.05. The lowest BCUT2D eigenvalue weighted by Crippen LogP contribution is -2.45. The fourth-order valence-electron chi connectivity index (χ4n) is 3.75. The van der Waals surface area contributed by atoms with Crippen LogP contribution in [0.4, 0.5) is 0 Å². The SMILES string of the molecule is Cc1noc(C)c1CSc1ncccc1C(=O)OCC(=O)NC1CCCC(C)C1C. The van der Waals surface area contributed by atoms with E-state index in [1.54, 1.807) is 18.3 Å². The molecule has 30 heavy (non-hydrogen) atoms. The minimum Gasteiger partial charge on any atom is -0.452 e. The van der Waals surface area contributed by atoms with Crippen LogP contribution in [0.15, 0.2) is 27.9 Å². The van der Waals surface area contributed by atoms with Crippen LogP contribution in [0.1, 0.15) is 60.5 Å². The topological polar surface area (TPSA) is 94.3 Å². The van der Waals surface area contributed by atoms with Gasteiger partial charge in [0.1, 0.15) is 10.8 Å². The van der Waals surface area contributed by atoms with Crippen LogP contribution in [0.25, 0.3) is 0 Å². The monoisotopic (exact) mass is 431 g/mol. The number of hydrogen-bond acceptors (Lipinski definition) is 7. The van der Waals surface area contributed by atoms with Gasteiger partial charge in [0.25, 0.3) is 5.91 Å². The summed E-state index contributed by atoms with van der Waals surface area (Å²) in [4.78, 5) is 29.2. The molecule has 0 spiro atoms. The van der Waals surface area contributed by atoms with Gasteiger partial charge in [-0.05, 0) is 44.2 Å². The van der Waals surface area contributed by atoms with Crippen LogP contribution in [0.5, 0.6) is 0 Å². The lowest BCUT2D eigenvalue weighted by atomic mass is 9.78. The largest absolute Gasteiger partial charge is 0.452 e. The summed E-state index contributed by atoms with van der Waals surface area (Å²) in [7, 11) is 0. The number of hydrogen-bond donors (Lipinski definition) is 1. The zero-order valence-electron chi connectivity index (χ0n) is 17.9. The van der Waals surface area contributed by atoms with Gasteiger partial charge >= 0.3 is 5.97 Å². The molecule has 0 aliphatic heterocycles. The highest BCUT2D eigenvalue weighted by molar-refractivity contribution is 7.98. The van der Waals surface area contributed by atoms with E-state index >= 15 is 0 Å². The first-order valence-electron chi connectivity index (χ1n) is 10.3. The van der Waals surface area contributed by atoms with Gasteiger partial charge in [-0.3, -0.25) is 4.79 Å². The normalized spacial score (nSPS) is 21.3. The van der Waals surface area contributed by atoms with Gasteiger partial charge in [0.05, 0.1) is 11.3 Å². The summed E-state index contributed by atoms with van der Waals surface area (Å²) >= 11 is 1.41. The first-order chi connectivity index (χ1) is 14.4. The number of thioether (sulfide) groups is 1. The van der Waals surface area contributed by atoms with Crippen molar-refractivity contribution < 1.29 is 18.8 Å². The summed E-state index contributed by atoms with van der Waals surface area (Å²) in [5.74, 6) is 1.52. The fourth-order valence-corrected chi connectivity index (χ4v) is 4.89. The van der Waals surface area contributed by atoms with Crippen LogP contribution in [0.2, 0.25) is 0 Å². The molecule has 0 aromatic carbocycles. The van der Waals surface area contributed by atoms with E-state index in [-0.39, 0.29) is 18.6 Å². The van der Waals surface area contributed by atoms with Crippen LogP contribution < -0.4 is 5.32 Å². The number of aryl methyl sites for hydroxylation is 2. The highest BCUT2D eigenvalue weighted by atomic mass is 32.2. The van der Waals surface area contributed by atoms with Gasteiger partial charge in [-0.15, -0.1) is 11.8 Å². The van der Waals surface area contributed by atoms with Crippen LogP contribution in [-0.2, 0) is 15.3 Å². The number of ether oxygens (including phenoxy) is 1. The number of nitrogens with zero attached hydrogens (tertiary/aromatic N) is 2. The number of esters is 1. The number of pyridine rings is 1. The van der Waals surface area contributed by atoms with Gasteiger partial charge in [0.15, 0.2) is 6.61 Å². The highest BCUT2D eigenvalue weighted by Crippen LogP contribution is 2.30. The molecule has 2 aromatic heterocycles. The average molecular weight is 432 g/mol. The molecule has 1 N–H and O–H groups in total. The Bertz CT molecular complexity index is 879. The molecule has 7 nitrogen and oxygen atoms in total. The van der Waals surface area contributed by atoms with Crippen molar-refractivity contribution in [3.8, 4) is 0 Å². The molecule has 162 valence electrons. The molecule has 0 saturated heterocycles. The Morgan fingerprint density at radius 3 is 2.83 bits per heavy atom. The second kappa shape index (κ2) is 10.1. The van der Waals surface area contributed by atoms with E-state index in [2.05, 4.69) is 29.3 Å². The Balaban J connectivity index is 1.56. The summed E-state index contributed by atoms with van der Waals surface area (Å²) in [6.45, 7) is 7.83. The molecular formula is C22H29N3O4S. The van der Waals surface area contributed by atoms with Gasteiger partial charge in [0.2, 0.25) is 0 Å². The fraction of sp³-hybridized carbons (Fsp3) is 0.545. The van der Waals surface area contributed by atoms with Gasteiger partial charge in [0, 0.05) is 23.6 Å². The van der Waals surface area contributed by atoms with Crippen LogP contribution in [-0.4, -0.2) is 34.7 Å². The molecule has 1 fully saturated rings. The molecule has 1 amide bonds. The summed E-state index contributed by atoms with van der Waals surface area (Å²) in [5.41, 5.74) is 2.16. The third kappa shape index (κ3) is 5.41. The van der Waals surface area contributed by atoms with E-state index in [1.165, 1.54) is 18.2 Å². The number of aromatic nitrogens is 2. The molecule has 2 aromatic rings. The molecule has 1 aliphatic rings. The zero-order chi connectivity index (χ0) is 21.7. The second-order valence-corrected chi connectivity index (χ2v) is 8.93. The molecule has 1 saturated carbocycles. The quantitative estimate of drug-likeness (QED) is 0.521. The van der Waals surface area contributed by atoms with Crippen LogP contribution >= 0.6 is 11.8 Å². The molecule has 0 bridgehead atoms. The van der Waals surface area contributed by atoms with E-state index in [0.717, 1.165) is 29.9 Å². The van der Waals surface area contributed by atoms with Crippen LogP contribution in [0, 0.1) is 25.7 Å². The molecule has 3 atom stereocenters. The predicted molar refractivity (Wildman–Crippen MR) is 114 cm³/mol.